The molecule has 8 nitrogen and oxygen atoms in total. The molecule has 0 aromatic heterocycles. The van der Waals surface area contributed by atoms with Gasteiger partial charge in [0.1, 0.15) is 0 Å². The van der Waals surface area contributed by atoms with Crippen molar-refractivity contribution in [3.05, 3.63) is 33.9 Å². The van der Waals surface area contributed by atoms with Gasteiger partial charge >= 0.3 is 16.0 Å². The van der Waals surface area contributed by atoms with E-state index in [1.165, 1.54) is 6.07 Å². The number of hydrogen-bond donors (Lipinski definition) is 2. The molecule has 0 heterocycles. The monoisotopic (exact) mass is 248 g/mol. The van der Waals surface area contributed by atoms with Gasteiger partial charge in [-0.25, -0.2) is 5.14 Å². The molecule has 1 rings (SSSR count). The van der Waals surface area contributed by atoms with Crippen molar-refractivity contribution in [3.63, 3.8) is 0 Å². The highest BCUT2D eigenvalue weighted by Crippen LogP contribution is 2.26. The van der Waals surface area contributed by atoms with Gasteiger partial charge in [-0.05, 0) is 17.7 Å². The summed E-state index contributed by atoms with van der Waals surface area (Å²) < 4.78 is 25.1. The lowest BCUT2D eigenvalue weighted by atomic mass is 10.2. The number of nitro benzene ring substituents is 1. The fourth-order valence-corrected chi connectivity index (χ4v) is 1.26. The van der Waals surface area contributed by atoms with E-state index >= 15 is 0 Å². The predicted octanol–water partition coefficient (Wildman–Crippen LogP) is 0.0205. The average Bonchev–Trinajstić information content (AvgIpc) is 2.13. The highest BCUT2D eigenvalue weighted by atomic mass is 32.2. The van der Waals surface area contributed by atoms with Crippen LogP contribution in [0.3, 0.4) is 0 Å². The predicted molar refractivity (Wildman–Crippen MR) is 52.7 cm³/mol. The molecule has 1 aromatic rings. The fourth-order valence-electron chi connectivity index (χ4n) is 0.963. The van der Waals surface area contributed by atoms with Crippen LogP contribution in [0.5, 0.6) is 5.75 Å². The van der Waals surface area contributed by atoms with E-state index in [9.17, 15) is 23.6 Å². The van der Waals surface area contributed by atoms with Gasteiger partial charge in [0.25, 0.3) is 0 Å². The van der Waals surface area contributed by atoms with Gasteiger partial charge < -0.3 is 5.11 Å². The van der Waals surface area contributed by atoms with Crippen molar-refractivity contribution in [2.24, 2.45) is 5.14 Å². The quantitative estimate of drug-likeness (QED) is 0.570. The molecule has 16 heavy (non-hydrogen) atoms. The molecule has 0 atom stereocenters. The first kappa shape index (κ1) is 12.4. The number of nitrogens with two attached hydrogens (primary N) is 1. The van der Waals surface area contributed by atoms with Gasteiger partial charge in [-0.1, -0.05) is 0 Å². The zero-order valence-corrected chi connectivity index (χ0v) is 8.68. The third kappa shape index (κ3) is 3.46. The summed E-state index contributed by atoms with van der Waals surface area (Å²) in [6, 6.07) is 3.32. The number of phenols is 1. The highest BCUT2D eigenvalue weighted by Gasteiger charge is 2.13. The lowest BCUT2D eigenvalue weighted by Gasteiger charge is -2.02. The van der Waals surface area contributed by atoms with Gasteiger partial charge in [0, 0.05) is 6.07 Å². The molecule has 0 saturated heterocycles. The lowest BCUT2D eigenvalue weighted by molar-refractivity contribution is -0.385. The molecular formula is C7H8N2O6S. The molecule has 0 spiro atoms. The summed E-state index contributed by atoms with van der Waals surface area (Å²) in [7, 11) is -4.08. The molecule has 9 heteroatoms. The van der Waals surface area contributed by atoms with Crippen LogP contribution in [0.2, 0.25) is 0 Å². The Balaban J connectivity index is 2.86. The summed E-state index contributed by atoms with van der Waals surface area (Å²) in [5, 5.41) is 24.1. The van der Waals surface area contributed by atoms with Crippen molar-refractivity contribution in [2.45, 2.75) is 6.61 Å². The third-order valence-electron chi connectivity index (χ3n) is 1.63. The molecule has 0 aliphatic rings. The molecule has 0 fully saturated rings. The maximum atomic E-state index is 10.4. The standard InChI is InChI=1S/C7H8N2O6S/c8-16(13,14)15-4-5-1-2-6(9(11)12)7(10)3-5/h1-3,10H,4H2,(H2,8,13,14). The second-order valence-electron chi connectivity index (χ2n) is 2.84. The number of rotatable bonds is 4. The van der Waals surface area contributed by atoms with E-state index in [0.29, 0.717) is 0 Å². The maximum Gasteiger partial charge on any atom is 0.333 e. The molecule has 3 N–H and O–H groups in total. The smallest absolute Gasteiger partial charge is 0.333 e. The second kappa shape index (κ2) is 4.43. The summed E-state index contributed by atoms with van der Waals surface area (Å²) in [5.41, 5.74) is -0.225. The largest absolute Gasteiger partial charge is 0.502 e. The molecule has 0 aliphatic heterocycles. The van der Waals surface area contributed by atoms with E-state index in [1.54, 1.807) is 0 Å². The van der Waals surface area contributed by atoms with Crippen molar-refractivity contribution in [1.82, 2.24) is 0 Å². The highest BCUT2D eigenvalue weighted by molar-refractivity contribution is 7.84. The average molecular weight is 248 g/mol. The first-order valence-electron chi connectivity index (χ1n) is 3.93. The van der Waals surface area contributed by atoms with Gasteiger partial charge in [0.05, 0.1) is 11.5 Å². The lowest BCUT2D eigenvalue weighted by Crippen LogP contribution is -2.15. The van der Waals surface area contributed by atoms with Crippen LogP contribution in [0, 0.1) is 10.1 Å². The Labute approximate surface area is 90.7 Å². The number of aromatic hydroxyl groups is 1. The molecule has 0 bridgehead atoms. The third-order valence-corrected chi connectivity index (χ3v) is 2.07. The summed E-state index contributed by atoms with van der Waals surface area (Å²) in [5.74, 6) is -0.569. The van der Waals surface area contributed by atoms with Gasteiger partial charge in [0.15, 0.2) is 5.75 Å². The van der Waals surface area contributed by atoms with E-state index in [-0.39, 0.29) is 5.56 Å². The van der Waals surface area contributed by atoms with E-state index in [1.807, 2.05) is 0 Å². The molecule has 1 aromatic carbocycles. The van der Waals surface area contributed by atoms with Crippen LogP contribution in [0.1, 0.15) is 5.56 Å². The zero-order chi connectivity index (χ0) is 12.3. The number of hydrogen-bond acceptors (Lipinski definition) is 6. The maximum absolute atomic E-state index is 10.4. The number of nitrogens with zero attached hydrogens (tertiary/aromatic N) is 1. The minimum atomic E-state index is -4.08. The Morgan fingerprint density at radius 3 is 2.56 bits per heavy atom. The summed E-state index contributed by atoms with van der Waals surface area (Å²) in [4.78, 5) is 9.58. The van der Waals surface area contributed by atoms with Crippen molar-refractivity contribution in [3.8, 4) is 5.75 Å². The first-order chi connectivity index (χ1) is 7.29. The van der Waals surface area contributed by atoms with E-state index in [0.717, 1.165) is 12.1 Å². The second-order valence-corrected chi connectivity index (χ2v) is 4.06. The minimum Gasteiger partial charge on any atom is -0.502 e. The van der Waals surface area contributed by atoms with Crippen LogP contribution in [0.4, 0.5) is 5.69 Å². The summed E-state index contributed by atoms with van der Waals surface area (Å²) >= 11 is 0. The van der Waals surface area contributed by atoms with Crippen molar-refractivity contribution in [1.29, 1.82) is 0 Å². The number of benzene rings is 1. The Bertz CT molecular complexity index is 512. The number of phenolic OH excluding ortho intramolecular Hbond substituents is 1. The van der Waals surface area contributed by atoms with Crippen LogP contribution in [-0.4, -0.2) is 18.4 Å². The van der Waals surface area contributed by atoms with Crippen molar-refractivity contribution in [2.75, 3.05) is 0 Å². The molecule has 0 aliphatic carbocycles. The van der Waals surface area contributed by atoms with E-state index < -0.39 is 33.3 Å². The number of nitro groups is 1. The van der Waals surface area contributed by atoms with Crippen LogP contribution >= 0.6 is 0 Å². The van der Waals surface area contributed by atoms with Crippen molar-refractivity contribution >= 4 is 16.0 Å². The Morgan fingerprint density at radius 2 is 2.12 bits per heavy atom. The van der Waals surface area contributed by atoms with Crippen LogP contribution < -0.4 is 5.14 Å². The normalized spacial score (nSPS) is 11.3. The molecule has 0 amide bonds. The van der Waals surface area contributed by atoms with Crippen LogP contribution in [0.25, 0.3) is 0 Å². The Morgan fingerprint density at radius 1 is 1.50 bits per heavy atom. The molecule has 0 unspecified atom stereocenters. The Kier molecular flexibility index (Phi) is 3.42. The first-order valence-corrected chi connectivity index (χ1v) is 5.40. The molecule has 0 radical (unpaired) electrons. The van der Waals surface area contributed by atoms with Gasteiger partial charge in [-0.2, -0.15) is 8.42 Å². The van der Waals surface area contributed by atoms with Gasteiger partial charge in [-0.15, -0.1) is 0 Å². The zero-order valence-electron chi connectivity index (χ0n) is 7.86. The summed E-state index contributed by atoms with van der Waals surface area (Å²) in [6.07, 6.45) is 0. The fraction of sp³-hybridized carbons (Fsp3) is 0.143. The minimum absolute atomic E-state index is 0.247. The van der Waals surface area contributed by atoms with E-state index in [4.69, 9.17) is 0 Å². The molecule has 0 saturated carbocycles. The van der Waals surface area contributed by atoms with Gasteiger partial charge in [-0.3, -0.25) is 14.3 Å². The molecule has 88 valence electrons. The SMILES string of the molecule is NS(=O)(=O)OCc1ccc([N+](=O)[O-])c(O)c1. The van der Waals surface area contributed by atoms with Crippen molar-refractivity contribution < 1.29 is 22.6 Å². The van der Waals surface area contributed by atoms with Crippen LogP contribution in [0.15, 0.2) is 18.2 Å². The van der Waals surface area contributed by atoms with Gasteiger partial charge in [0.2, 0.25) is 0 Å². The Hall–Kier alpha value is -1.71. The molecular weight excluding hydrogens is 240 g/mol. The van der Waals surface area contributed by atoms with E-state index in [2.05, 4.69) is 9.32 Å². The topological polar surface area (TPSA) is 133 Å². The summed E-state index contributed by atoms with van der Waals surface area (Å²) in [6.45, 7) is -0.398. The van der Waals surface area contributed by atoms with Crippen LogP contribution in [-0.2, 0) is 21.1 Å².